The van der Waals surface area contributed by atoms with Crippen LogP contribution in [0.2, 0.25) is 0 Å². The van der Waals surface area contributed by atoms with Gasteiger partial charge < -0.3 is 14.5 Å². The first kappa shape index (κ1) is 17.9. The van der Waals surface area contributed by atoms with Gasteiger partial charge in [-0.1, -0.05) is 0 Å². The van der Waals surface area contributed by atoms with Crippen LogP contribution in [-0.4, -0.2) is 39.8 Å². The number of nitrogens with zero attached hydrogens (tertiary/aromatic N) is 3. The monoisotopic (exact) mass is 418 g/mol. The Morgan fingerprint density at radius 3 is 2.77 bits per heavy atom. The van der Waals surface area contributed by atoms with Gasteiger partial charge in [0.15, 0.2) is 0 Å². The highest BCUT2D eigenvalue weighted by atomic mass is 79.9. The molecular weight excluding hydrogens is 404 g/mol. The molecule has 0 aliphatic rings. The van der Waals surface area contributed by atoms with Crippen molar-refractivity contribution in [1.29, 1.82) is 0 Å². The van der Waals surface area contributed by atoms with Crippen molar-refractivity contribution in [2.75, 3.05) is 13.2 Å². The molecule has 0 bridgehead atoms. The molecule has 3 aromatic rings. The first-order chi connectivity index (χ1) is 12.6. The summed E-state index contributed by atoms with van der Waals surface area (Å²) in [5.74, 6) is -0.157. The summed E-state index contributed by atoms with van der Waals surface area (Å²) in [6, 6.07) is 6.44. The van der Waals surface area contributed by atoms with Crippen molar-refractivity contribution < 1.29 is 18.7 Å². The molecule has 0 atom stereocenters. The first-order valence-electron chi connectivity index (χ1n) is 7.74. The van der Waals surface area contributed by atoms with Crippen LogP contribution in [0.15, 0.2) is 57.9 Å². The van der Waals surface area contributed by atoms with Gasteiger partial charge in [-0.2, -0.15) is 5.10 Å². The highest BCUT2D eigenvalue weighted by molar-refractivity contribution is 9.10. The summed E-state index contributed by atoms with van der Waals surface area (Å²) < 4.78 is 13.1. The lowest BCUT2D eigenvalue weighted by atomic mass is 10.2. The number of furan rings is 1. The van der Waals surface area contributed by atoms with E-state index in [9.17, 15) is 9.59 Å². The summed E-state index contributed by atoms with van der Waals surface area (Å²) in [5, 5.41) is 6.77. The molecule has 8 nitrogen and oxygen atoms in total. The quantitative estimate of drug-likeness (QED) is 0.466. The van der Waals surface area contributed by atoms with Crippen molar-refractivity contribution in [3.05, 3.63) is 70.6 Å². The van der Waals surface area contributed by atoms with Gasteiger partial charge >= 0.3 is 5.97 Å². The SMILES string of the molecule is O=C(NCCOC(=O)c1ccc(Cn2cc(Br)cn2)o1)c1ccncc1. The molecule has 3 rings (SSSR count). The molecule has 26 heavy (non-hydrogen) atoms. The minimum Gasteiger partial charge on any atom is -0.458 e. The number of hydrogen-bond acceptors (Lipinski definition) is 6. The number of pyridine rings is 1. The number of esters is 1. The van der Waals surface area contributed by atoms with Crippen LogP contribution in [0.1, 0.15) is 26.7 Å². The van der Waals surface area contributed by atoms with Gasteiger partial charge in [-0.15, -0.1) is 0 Å². The van der Waals surface area contributed by atoms with Crippen molar-refractivity contribution in [3.63, 3.8) is 0 Å². The number of amides is 1. The summed E-state index contributed by atoms with van der Waals surface area (Å²) in [6.07, 6.45) is 6.53. The number of carbonyl (C=O) groups is 2. The van der Waals surface area contributed by atoms with Gasteiger partial charge in [0.2, 0.25) is 5.76 Å². The standard InChI is InChI=1S/C17H15BrN4O4/c18-13-9-21-22(10-13)11-14-1-2-15(26-14)17(24)25-8-7-20-16(23)12-3-5-19-6-4-12/h1-6,9-10H,7-8,11H2,(H,20,23). The lowest BCUT2D eigenvalue weighted by Gasteiger charge is -2.05. The molecule has 0 fully saturated rings. The number of ether oxygens (including phenoxy) is 1. The number of rotatable bonds is 7. The average molecular weight is 419 g/mol. The van der Waals surface area contributed by atoms with Crippen molar-refractivity contribution >= 4 is 27.8 Å². The third kappa shape index (κ3) is 4.79. The molecule has 134 valence electrons. The zero-order valence-electron chi connectivity index (χ0n) is 13.6. The Morgan fingerprint density at radius 2 is 2.04 bits per heavy atom. The number of aromatic nitrogens is 3. The molecule has 0 spiro atoms. The summed E-state index contributed by atoms with van der Waals surface area (Å²) in [6.45, 7) is 0.639. The van der Waals surface area contributed by atoms with E-state index in [1.54, 1.807) is 41.3 Å². The van der Waals surface area contributed by atoms with Crippen molar-refractivity contribution in [2.24, 2.45) is 0 Å². The van der Waals surface area contributed by atoms with E-state index in [4.69, 9.17) is 9.15 Å². The predicted octanol–water partition coefficient (Wildman–Crippen LogP) is 2.27. The largest absolute Gasteiger partial charge is 0.458 e. The highest BCUT2D eigenvalue weighted by Crippen LogP contribution is 2.12. The second kappa shape index (κ2) is 8.43. The zero-order chi connectivity index (χ0) is 18.4. The molecule has 0 aliphatic carbocycles. The van der Waals surface area contributed by atoms with Crippen LogP contribution in [0.3, 0.4) is 0 Å². The fourth-order valence-electron chi connectivity index (χ4n) is 2.14. The molecule has 0 unspecified atom stereocenters. The van der Waals surface area contributed by atoms with Crippen LogP contribution < -0.4 is 5.32 Å². The number of nitrogens with one attached hydrogen (secondary N) is 1. The van der Waals surface area contributed by atoms with Gasteiger partial charge in [0.25, 0.3) is 5.91 Å². The Labute approximate surface area is 157 Å². The lowest BCUT2D eigenvalue weighted by molar-refractivity contribution is 0.0465. The highest BCUT2D eigenvalue weighted by Gasteiger charge is 2.13. The molecule has 0 radical (unpaired) electrons. The molecule has 3 heterocycles. The molecule has 0 aliphatic heterocycles. The van der Waals surface area contributed by atoms with E-state index in [0.29, 0.717) is 17.9 Å². The van der Waals surface area contributed by atoms with Crippen LogP contribution in [0.25, 0.3) is 0 Å². The van der Waals surface area contributed by atoms with Crippen molar-refractivity contribution in [1.82, 2.24) is 20.1 Å². The molecule has 0 aromatic carbocycles. The van der Waals surface area contributed by atoms with Crippen molar-refractivity contribution in [2.45, 2.75) is 6.54 Å². The van der Waals surface area contributed by atoms with E-state index in [2.05, 4.69) is 31.3 Å². The van der Waals surface area contributed by atoms with Gasteiger partial charge in [0, 0.05) is 24.2 Å². The second-order valence-corrected chi connectivity index (χ2v) is 6.17. The maximum absolute atomic E-state index is 12.0. The minimum atomic E-state index is -0.587. The maximum atomic E-state index is 12.0. The van der Waals surface area contributed by atoms with Gasteiger partial charge in [-0.3, -0.25) is 14.5 Å². The fourth-order valence-corrected chi connectivity index (χ4v) is 2.47. The Kier molecular flexibility index (Phi) is 5.80. The van der Waals surface area contributed by atoms with Crippen LogP contribution >= 0.6 is 15.9 Å². The number of carbonyl (C=O) groups excluding carboxylic acids is 2. The fraction of sp³-hybridized carbons (Fsp3) is 0.176. The second-order valence-electron chi connectivity index (χ2n) is 5.25. The summed E-state index contributed by atoms with van der Waals surface area (Å²) in [5.41, 5.74) is 0.493. The Bertz CT molecular complexity index is 891. The minimum absolute atomic E-state index is 0.0395. The van der Waals surface area contributed by atoms with E-state index >= 15 is 0 Å². The zero-order valence-corrected chi connectivity index (χ0v) is 15.2. The van der Waals surface area contributed by atoms with Gasteiger partial charge in [0.05, 0.1) is 23.8 Å². The van der Waals surface area contributed by atoms with Gasteiger partial charge in [-0.25, -0.2) is 4.79 Å². The van der Waals surface area contributed by atoms with E-state index in [0.717, 1.165) is 4.47 Å². The molecular formula is C17H15BrN4O4. The van der Waals surface area contributed by atoms with E-state index in [1.165, 1.54) is 12.4 Å². The molecule has 1 N–H and O–H groups in total. The van der Waals surface area contributed by atoms with E-state index in [1.807, 2.05) is 0 Å². The molecule has 0 saturated heterocycles. The predicted molar refractivity (Wildman–Crippen MR) is 94.6 cm³/mol. The molecule has 3 aromatic heterocycles. The van der Waals surface area contributed by atoms with E-state index < -0.39 is 5.97 Å². The van der Waals surface area contributed by atoms with Gasteiger partial charge in [0.1, 0.15) is 12.4 Å². The van der Waals surface area contributed by atoms with E-state index in [-0.39, 0.29) is 24.8 Å². The Balaban J connectivity index is 1.43. The molecule has 0 saturated carbocycles. The number of halogens is 1. The summed E-state index contributed by atoms with van der Waals surface area (Å²) in [7, 11) is 0. The van der Waals surface area contributed by atoms with Crippen molar-refractivity contribution in [3.8, 4) is 0 Å². The third-order valence-corrected chi connectivity index (χ3v) is 3.76. The van der Waals surface area contributed by atoms with Crippen LogP contribution in [0.5, 0.6) is 0 Å². The maximum Gasteiger partial charge on any atom is 0.374 e. The summed E-state index contributed by atoms with van der Waals surface area (Å²) >= 11 is 3.31. The normalized spacial score (nSPS) is 10.5. The summed E-state index contributed by atoms with van der Waals surface area (Å²) in [4.78, 5) is 27.6. The molecule has 9 heteroatoms. The first-order valence-corrected chi connectivity index (χ1v) is 8.53. The number of hydrogen-bond donors (Lipinski definition) is 1. The lowest BCUT2D eigenvalue weighted by Crippen LogP contribution is -2.28. The van der Waals surface area contributed by atoms with Gasteiger partial charge in [-0.05, 0) is 40.2 Å². The molecule has 1 amide bonds. The Morgan fingerprint density at radius 1 is 1.23 bits per heavy atom. The van der Waals surface area contributed by atoms with Crippen LogP contribution in [0.4, 0.5) is 0 Å². The Hall–Kier alpha value is -2.94. The van der Waals surface area contributed by atoms with Crippen LogP contribution in [-0.2, 0) is 11.3 Å². The third-order valence-electron chi connectivity index (χ3n) is 3.35. The topological polar surface area (TPSA) is 99.2 Å². The van der Waals surface area contributed by atoms with Crippen LogP contribution in [0, 0.1) is 0 Å². The smallest absolute Gasteiger partial charge is 0.374 e. The average Bonchev–Trinajstić information content (AvgIpc) is 3.28.